The van der Waals surface area contributed by atoms with E-state index in [1.807, 2.05) is 13.0 Å². The highest BCUT2D eigenvalue weighted by molar-refractivity contribution is 6.31. The Morgan fingerprint density at radius 2 is 1.44 bits per heavy atom. The molecule has 2 rings (SSSR count). The second-order valence-corrected chi connectivity index (χ2v) is 11.1. The lowest BCUT2D eigenvalue weighted by Gasteiger charge is -2.27. The third-order valence-electron chi connectivity index (χ3n) is 4.53. The van der Waals surface area contributed by atoms with Crippen LogP contribution in [0.5, 0.6) is 23.0 Å². The van der Waals surface area contributed by atoms with E-state index in [4.69, 9.17) is 30.5 Å². The molecule has 1 unspecified atom stereocenters. The quantitative estimate of drug-likeness (QED) is 0.300. The number of rotatable bonds is 8. The molecule has 0 saturated heterocycles. The molecule has 5 nitrogen and oxygen atoms in total. The minimum Gasteiger partial charge on any atom is -0.486 e. The van der Waals surface area contributed by atoms with Crippen molar-refractivity contribution in [2.75, 3.05) is 13.2 Å². The zero-order chi connectivity index (χ0) is 24.3. The van der Waals surface area contributed by atoms with E-state index in [9.17, 15) is 4.79 Å². The monoisotopic (exact) mass is 464 g/mol. The van der Waals surface area contributed by atoms with Gasteiger partial charge in [-0.25, -0.2) is 0 Å². The van der Waals surface area contributed by atoms with Crippen LogP contribution in [0.1, 0.15) is 68.7 Å². The molecule has 6 heteroatoms. The third-order valence-corrected chi connectivity index (χ3v) is 4.76. The predicted octanol–water partition coefficient (Wildman–Crippen LogP) is 7.45. The van der Waals surface area contributed by atoms with Crippen molar-refractivity contribution in [2.45, 2.75) is 74.8 Å². The van der Waals surface area contributed by atoms with E-state index in [2.05, 4.69) is 48.5 Å². The first-order valence-corrected chi connectivity index (χ1v) is 11.5. The number of halogens is 1. The highest BCUT2D eigenvalue weighted by Gasteiger charge is 2.29. The lowest BCUT2D eigenvalue weighted by atomic mass is 9.98. The molecule has 2 aromatic rings. The van der Waals surface area contributed by atoms with Gasteiger partial charge in [0.2, 0.25) is 11.5 Å². The van der Waals surface area contributed by atoms with Gasteiger partial charge in [0.15, 0.2) is 11.5 Å². The number of hydrogen-bond donors (Lipinski definition) is 0. The standard InChI is InChI=1S/C26H37ClO5/c1-10-16(2)31-21-19-12-11-18(27)13-20(19)22(32-17(3)28)24(30-15-26(7,8)9)23(21)29-14-25(4,5)6/h11-13,16H,10,14-15H2,1-9H3. The van der Waals surface area contributed by atoms with Crippen molar-refractivity contribution in [3.05, 3.63) is 23.2 Å². The Morgan fingerprint density at radius 3 is 1.91 bits per heavy atom. The molecule has 0 fully saturated rings. The molecule has 0 saturated carbocycles. The number of fused-ring (bicyclic) bond motifs is 1. The molecular formula is C26H37ClO5. The average molecular weight is 465 g/mol. The number of hydrogen-bond acceptors (Lipinski definition) is 5. The molecule has 2 aromatic carbocycles. The van der Waals surface area contributed by atoms with Gasteiger partial charge in [-0.1, -0.05) is 60.1 Å². The molecule has 0 spiro atoms. The Bertz CT molecular complexity index is 954. The summed E-state index contributed by atoms with van der Waals surface area (Å²) in [5, 5.41) is 1.90. The Morgan fingerprint density at radius 1 is 0.906 bits per heavy atom. The first-order chi connectivity index (χ1) is 14.7. The Hall–Kier alpha value is -2.14. The number of carbonyl (C=O) groups is 1. The summed E-state index contributed by atoms with van der Waals surface area (Å²) in [6.07, 6.45) is 0.762. The molecule has 32 heavy (non-hydrogen) atoms. The zero-order valence-electron chi connectivity index (χ0n) is 20.8. The highest BCUT2D eigenvalue weighted by Crippen LogP contribution is 2.53. The van der Waals surface area contributed by atoms with Gasteiger partial charge in [0.1, 0.15) is 0 Å². The molecule has 0 aliphatic rings. The van der Waals surface area contributed by atoms with E-state index in [0.29, 0.717) is 46.6 Å². The van der Waals surface area contributed by atoms with Gasteiger partial charge in [0.25, 0.3) is 0 Å². The van der Waals surface area contributed by atoms with E-state index in [1.54, 1.807) is 12.1 Å². The average Bonchev–Trinajstić information content (AvgIpc) is 2.65. The van der Waals surface area contributed by atoms with Crippen molar-refractivity contribution in [2.24, 2.45) is 10.8 Å². The Balaban J connectivity index is 2.88. The highest BCUT2D eigenvalue weighted by atomic mass is 35.5. The van der Waals surface area contributed by atoms with Gasteiger partial charge in [-0.3, -0.25) is 4.79 Å². The van der Waals surface area contributed by atoms with Crippen molar-refractivity contribution in [3.63, 3.8) is 0 Å². The molecular weight excluding hydrogens is 428 g/mol. The van der Waals surface area contributed by atoms with Crippen molar-refractivity contribution < 1.29 is 23.7 Å². The minimum absolute atomic E-state index is 0.0547. The summed E-state index contributed by atoms with van der Waals surface area (Å²) < 4.78 is 24.6. The fraction of sp³-hybridized carbons (Fsp3) is 0.577. The number of ether oxygens (including phenoxy) is 4. The zero-order valence-corrected chi connectivity index (χ0v) is 21.6. The van der Waals surface area contributed by atoms with Gasteiger partial charge in [0.05, 0.1) is 19.3 Å². The lowest BCUT2D eigenvalue weighted by molar-refractivity contribution is -0.131. The van der Waals surface area contributed by atoms with Crippen LogP contribution in [0.2, 0.25) is 5.02 Å². The molecule has 0 aromatic heterocycles. The Kier molecular flexibility index (Phi) is 8.33. The molecule has 0 heterocycles. The summed E-state index contributed by atoms with van der Waals surface area (Å²) >= 11 is 6.32. The summed E-state index contributed by atoms with van der Waals surface area (Å²) in [5.74, 6) is 1.20. The summed E-state index contributed by atoms with van der Waals surface area (Å²) in [6.45, 7) is 18.7. The summed E-state index contributed by atoms with van der Waals surface area (Å²) in [6, 6.07) is 5.41. The predicted molar refractivity (Wildman–Crippen MR) is 131 cm³/mol. The third kappa shape index (κ3) is 7.19. The second kappa shape index (κ2) is 10.2. The largest absolute Gasteiger partial charge is 0.486 e. The molecule has 0 N–H and O–H groups in total. The van der Waals surface area contributed by atoms with Crippen molar-refractivity contribution >= 4 is 28.3 Å². The SMILES string of the molecule is CCC(C)Oc1c(OCC(C)(C)C)c(OCC(C)(C)C)c(OC(C)=O)c2cc(Cl)ccc12. The first-order valence-electron chi connectivity index (χ1n) is 11.1. The number of benzene rings is 2. The van der Waals surface area contributed by atoms with Gasteiger partial charge in [-0.15, -0.1) is 0 Å². The fourth-order valence-electron chi connectivity index (χ4n) is 2.84. The summed E-state index contributed by atoms with van der Waals surface area (Å²) in [4.78, 5) is 12.0. The van der Waals surface area contributed by atoms with Crippen LogP contribution in [0.25, 0.3) is 10.8 Å². The van der Waals surface area contributed by atoms with Crippen LogP contribution in [-0.2, 0) is 4.79 Å². The second-order valence-electron chi connectivity index (χ2n) is 10.6. The fourth-order valence-corrected chi connectivity index (χ4v) is 3.01. The molecule has 1 atom stereocenters. The van der Waals surface area contributed by atoms with Crippen molar-refractivity contribution in [1.29, 1.82) is 0 Å². The van der Waals surface area contributed by atoms with Crippen LogP contribution in [0, 0.1) is 10.8 Å². The van der Waals surface area contributed by atoms with Gasteiger partial charge in [-0.2, -0.15) is 0 Å². The van der Waals surface area contributed by atoms with Crippen LogP contribution in [0.4, 0.5) is 0 Å². The van der Waals surface area contributed by atoms with E-state index in [-0.39, 0.29) is 16.9 Å². The Labute approximate surface area is 197 Å². The molecule has 178 valence electrons. The van der Waals surface area contributed by atoms with Crippen molar-refractivity contribution in [1.82, 2.24) is 0 Å². The molecule has 0 amide bonds. The van der Waals surface area contributed by atoms with E-state index in [0.717, 1.165) is 11.8 Å². The maximum atomic E-state index is 12.0. The van der Waals surface area contributed by atoms with Crippen LogP contribution >= 0.6 is 11.6 Å². The van der Waals surface area contributed by atoms with Crippen molar-refractivity contribution in [3.8, 4) is 23.0 Å². The van der Waals surface area contributed by atoms with Crippen LogP contribution in [0.3, 0.4) is 0 Å². The lowest BCUT2D eigenvalue weighted by Crippen LogP contribution is -2.21. The maximum Gasteiger partial charge on any atom is 0.308 e. The first kappa shape index (κ1) is 26.1. The normalized spacial score (nSPS) is 13.1. The van der Waals surface area contributed by atoms with E-state index in [1.165, 1.54) is 6.92 Å². The van der Waals surface area contributed by atoms with Crippen LogP contribution in [0.15, 0.2) is 18.2 Å². The molecule has 0 aliphatic carbocycles. The van der Waals surface area contributed by atoms with E-state index < -0.39 is 5.97 Å². The minimum atomic E-state index is -0.454. The number of carbonyl (C=O) groups excluding carboxylic acids is 1. The molecule has 0 bridgehead atoms. The maximum absolute atomic E-state index is 12.0. The van der Waals surface area contributed by atoms with Gasteiger partial charge < -0.3 is 18.9 Å². The summed E-state index contributed by atoms with van der Waals surface area (Å²) in [5.41, 5.74) is -0.235. The van der Waals surface area contributed by atoms with E-state index >= 15 is 0 Å². The van der Waals surface area contributed by atoms with Crippen LogP contribution < -0.4 is 18.9 Å². The van der Waals surface area contributed by atoms with Gasteiger partial charge in [-0.05, 0) is 42.4 Å². The molecule has 0 radical (unpaired) electrons. The van der Waals surface area contributed by atoms with Gasteiger partial charge >= 0.3 is 5.97 Å². The summed E-state index contributed by atoms with van der Waals surface area (Å²) in [7, 11) is 0. The van der Waals surface area contributed by atoms with Gasteiger partial charge in [0, 0.05) is 22.7 Å². The van der Waals surface area contributed by atoms with Crippen LogP contribution in [-0.4, -0.2) is 25.3 Å². The smallest absolute Gasteiger partial charge is 0.308 e. The number of esters is 1. The molecule has 0 aliphatic heterocycles. The topological polar surface area (TPSA) is 54.0 Å².